The summed E-state index contributed by atoms with van der Waals surface area (Å²) in [6.07, 6.45) is 4.06. The van der Waals surface area contributed by atoms with Crippen molar-refractivity contribution in [2.45, 2.75) is 25.8 Å². The van der Waals surface area contributed by atoms with Crippen LogP contribution in [0.15, 0.2) is 24.4 Å². The molecule has 2 fully saturated rings. The van der Waals surface area contributed by atoms with Gasteiger partial charge < -0.3 is 19.9 Å². The number of morpholine rings is 1. The molecule has 6 nitrogen and oxygen atoms in total. The molecule has 1 aromatic rings. The number of amides is 1. The Kier molecular flexibility index (Phi) is 6.04. The fourth-order valence-electron chi connectivity index (χ4n) is 3.52. The molecule has 0 bridgehead atoms. The van der Waals surface area contributed by atoms with Crippen LogP contribution in [-0.4, -0.2) is 67.8 Å². The lowest BCUT2D eigenvalue weighted by molar-refractivity contribution is -0.136. The largest absolute Gasteiger partial charge is 0.378 e. The van der Waals surface area contributed by atoms with Crippen molar-refractivity contribution in [3.8, 4) is 0 Å². The first kappa shape index (κ1) is 17.2. The molecule has 1 aromatic heterocycles. The number of aromatic nitrogens is 1. The van der Waals surface area contributed by atoms with Crippen LogP contribution in [0.4, 0.5) is 5.82 Å². The number of piperidine rings is 1. The number of rotatable bonds is 5. The molecule has 1 atom stereocenters. The number of carbonyl (C=O) groups is 1. The number of ether oxygens (including phenoxy) is 1. The van der Waals surface area contributed by atoms with E-state index in [4.69, 9.17) is 4.74 Å². The van der Waals surface area contributed by atoms with Gasteiger partial charge in [-0.15, -0.1) is 0 Å². The summed E-state index contributed by atoms with van der Waals surface area (Å²) >= 11 is 0. The van der Waals surface area contributed by atoms with Crippen molar-refractivity contribution in [3.05, 3.63) is 24.4 Å². The Morgan fingerprint density at radius 2 is 2.25 bits per heavy atom. The van der Waals surface area contributed by atoms with E-state index in [9.17, 15) is 4.79 Å². The van der Waals surface area contributed by atoms with Gasteiger partial charge in [-0.3, -0.25) is 4.79 Å². The highest BCUT2D eigenvalue weighted by Crippen LogP contribution is 2.22. The van der Waals surface area contributed by atoms with E-state index in [0.29, 0.717) is 19.1 Å². The number of carbonyl (C=O) groups excluding carboxylic acids is 1. The minimum Gasteiger partial charge on any atom is -0.378 e. The number of pyridine rings is 1. The zero-order valence-corrected chi connectivity index (χ0v) is 14.5. The summed E-state index contributed by atoms with van der Waals surface area (Å²) in [4.78, 5) is 21.4. The van der Waals surface area contributed by atoms with Gasteiger partial charge in [-0.05, 0) is 37.8 Å². The van der Waals surface area contributed by atoms with Gasteiger partial charge >= 0.3 is 0 Å². The summed E-state index contributed by atoms with van der Waals surface area (Å²) in [5.41, 5.74) is 0. The lowest BCUT2D eigenvalue weighted by Crippen LogP contribution is -2.53. The Hall–Kier alpha value is -1.66. The number of likely N-dealkylation sites (N-methyl/N-ethyl adjacent to an activating group) is 1. The molecule has 3 rings (SSSR count). The van der Waals surface area contributed by atoms with Gasteiger partial charge in [0.2, 0.25) is 5.91 Å². The third kappa shape index (κ3) is 4.24. The Bertz CT molecular complexity index is 511. The molecule has 1 unspecified atom stereocenters. The Morgan fingerprint density at radius 1 is 1.42 bits per heavy atom. The SMILES string of the molecule is CCN(CC1CCN(c2ccccn2)CC1)C(=O)C1COCCN1. The highest BCUT2D eigenvalue weighted by molar-refractivity contribution is 5.82. The van der Waals surface area contributed by atoms with Gasteiger partial charge in [-0.25, -0.2) is 4.98 Å². The normalized spacial score (nSPS) is 22.4. The maximum atomic E-state index is 12.7. The van der Waals surface area contributed by atoms with Crippen molar-refractivity contribution < 1.29 is 9.53 Å². The zero-order chi connectivity index (χ0) is 16.8. The van der Waals surface area contributed by atoms with Crippen molar-refractivity contribution in [2.24, 2.45) is 5.92 Å². The molecule has 0 spiro atoms. The van der Waals surface area contributed by atoms with Crippen LogP contribution in [0.25, 0.3) is 0 Å². The maximum absolute atomic E-state index is 12.7. The smallest absolute Gasteiger partial charge is 0.242 e. The van der Waals surface area contributed by atoms with E-state index in [2.05, 4.69) is 28.2 Å². The monoisotopic (exact) mass is 332 g/mol. The first-order valence-corrected chi connectivity index (χ1v) is 9.04. The van der Waals surface area contributed by atoms with Crippen LogP contribution in [0.5, 0.6) is 0 Å². The quantitative estimate of drug-likeness (QED) is 0.876. The summed E-state index contributed by atoms with van der Waals surface area (Å²) in [6.45, 7) is 7.65. The van der Waals surface area contributed by atoms with E-state index < -0.39 is 0 Å². The fourth-order valence-corrected chi connectivity index (χ4v) is 3.52. The average Bonchev–Trinajstić information content (AvgIpc) is 2.67. The van der Waals surface area contributed by atoms with E-state index >= 15 is 0 Å². The molecule has 3 heterocycles. The van der Waals surface area contributed by atoms with Crippen molar-refractivity contribution in [3.63, 3.8) is 0 Å². The van der Waals surface area contributed by atoms with E-state index in [1.165, 1.54) is 0 Å². The van der Waals surface area contributed by atoms with E-state index in [1.54, 1.807) is 0 Å². The number of nitrogens with zero attached hydrogens (tertiary/aromatic N) is 3. The third-order valence-electron chi connectivity index (χ3n) is 4.98. The molecule has 0 radical (unpaired) electrons. The number of nitrogens with one attached hydrogen (secondary N) is 1. The summed E-state index contributed by atoms with van der Waals surface area (Å²) in [7, 11) is 0. The van der Waals surface area contributed by atoms with Crippen molar-refractivity contribution in [1.82, 2.24) is 15.2 Å². The number of hydrogen-bond acceptors (Lipinski definition) is 5. The van der Waals surface area contributed by atoms with Gasteiger partial charge in [0.1, 0.15) is 11.9 Å². The highest BCUT2D eigenvalue weighted by Gasteiger charge is 2.28. The van der Waals surface area contributed by atoms with Crippen LogP contribution >= 0.6 is 0 Å². The molecular weight excluding hydrogens is 304 g/mol. The molecular formula is C18H28N4O2. The van der Waals surface area contributed by atoms with Crippen LogP contribution in [-0.2, 0) is 9.53 Å². The Morgan fingerprint density at radius 3 is 2.88 bits per heavy atom. The van der Waals surface area contributed by atoms with Crippen LogP contribution in [0.2, 0.25) is 0 Å². The Balaban J connectivity index is 1.49. The van der Waals surface area contributed by atoms with Crippen LogP contribution in [0, 0.1) is 5.92 Å². The molecule has 0 aromatic carbocycles. The standard InChI is InChI=1S/C18H28N4O2/c1-2-21(18(23)16-14-24-12-9-19-16)13-15-6-10-22(11-7-15)17-5-3-4-8-20-17/h3-5,8,15-16,19H,2,6-7,9-14H2,1H3. The second kappa shape index (κ2) is 8.44. The topological polar surface area (TPSA) is 57.7 Å². The van der Waals surface area contributed by atoms with Gasteiger partial charge in [0.05, 0.1) is 13.2 Å². The number of hydrogen-bond donors (Lipinski definition) is 1. The van der Waals surface area contributed by atoms with Gasteiger partial charge in [0.15, 0.2) is 0 Å². The molecule has 2 aliphatic heterocycles. The lowest BCUT2D eigenvalue weighted by atomic mass is 9.96. The van der Waals surface area contributed by atoms with E-state index in [-0.39, 0.29) is 11.9 Å². The lowest BCUT2D eigenvalue weighted by Gasteiger charge is -2.36. The van der Waals surface area contributed by atoms with Crippen molar-refractivity contribution in [2.75, 3.05) is 50.8 Å². The highest BCUT2D eigenvalue weighted by atomic mass is 16.5. The molecule has 1 amide bonds. The second-order valence-corrected chi connectivity index (χ2v) is 6.58. The molecule has 0 saturated carbocycles. The minimum absolute atomic E-state index is 0.174. The van der Waals surface area contributed by atoms with Gasteiger partial charge in [0.25, 0.3) is 0 Å². The Labute approximate surface area is 144 Å². The summed E-state index contributed by atoms with van der Waals surface area (Å²) in [6, 6.07) is 5.87. The van der Waals surface area contributed by atoms with Gasteiger partial charge in [0, 0.05) is 38.9 Å². The average molecular weight is 332 g/mol. The van der Waals surface area contributed by atoms with E-state index in [0.717, 1.165) is 51.4 Å². The minimum atomic E-state index is -0.174. The van der Waals surface area contributed by atoms with Crippen LogP contribution in [0.1, 0.15) is 19.8 Å². The van der Waals surface area contributed by atoms with Gasteiger partial charge in [-0.1, -0.05) is 6.07 Å². The molecule has 1 N–H and O–H groups in total. The van der Waals surface area contributed by atoms with Crippen LogP contribution in [0.3, 0.4) is 0 Å². The summed E-state index contributed by atoms with van der Waals surface area (Å²) in [5, 5.41) is 3.27. The molecule has 132 valence electrons. The number of anilines is 1. The molecule has 0 aliphatic carbocycles. The van der Waals surface area contributed by atoms with Crippen LogP contribution < -0.4 is 10.2 Å². The molecule has 2 saturated heterocycles. The van der Waals surface area contributed by atoms with Crippen molar-refractivity contribution >= 4 is 11.7 Å². The predicted octanol–water partition coefficient (Wildman–Crippen LogP) is 1.13. The maximum Gasteiger partial charge on any atom is 0.242 e. The fraction of sp³-hybridized carbons (Fsp3) is 0.667. The zero-order valence-electron chi connectivity index (χ0n) is 14.5. The molecule has 2 aliphatic rings. The van der Waals surface area contributed by atoms with Crippen molar-refractivity contribution in [1.29, 1.82) is 0 Å². The molecule has 6 heteroatoms. The first-order chi connectivity index (χ1) is 11.8. The van der Waals surface area contributed by atoms with E-state index in [1.807, 2.05) is 23.2 Å². The molecule has 24 heavy (non-hydrogen) atoms. The predicted molar refractivity (Wildman–Crippen MR) is 94.0 cm³/mol. The third-order valence-corrected chi connectivity index (χ3v) is 4.98. The first-order valence-electron chi connectivity index (χ1n) is 9.04. The summed E-state index contributed by atoms with van der Waals surface area (Å²) in [5.74, 6) is 1.81. The summed E-state index contributed by atoms with van der Waals surface area (Å²) < 4.78 is 5.43. The second-order valence-electron chi connectivity index (χ2n) is 6.58. The van der Waals surface area contributed by atoms with Gasteiger partial charge in [-0.2, -0.15) is 0 Å².